The van der Waals surface area contributed by atoms with Crippen LogP contribution in [0.25, 0.3) is 11.1 Å². The predicted molar refractivity (Wildman–Crippen MR) is 93.5 cm³/mol. The number of esters is 1. The number of carbonyl (C=O) groups is 2. The highest BCUT2D eigenvalue weighted by Gasteiger charge is 2.23. The van der Waals surface area contributed by atoms with Crippen molar-refractivity contribution in [1.82, 2.24) is 0 Å². The number of carboxylic acids is 1. The standard InChI is InChI=1S/C20H22O4/c1-5-24-19(23)17-15(10-7-11-16(17)18(21)22)13-8-6-9-14(12-13)20(2,3)4/h6-12H,5H2,1-4H3,(H,21,22). The highest BCUT2D eigenvalue weighted by atomic mass is 16.5. The molecule has 0 saturated heterocycles. The lowest BCUT2D eigenvalue weighted by Gasteiger charge is -2.20. The second-order valence-electron chi connectivity index (χ2n) is 6.58. The molecule has 0 aliphatic heterocycles. The number of carboxylic acid groups (broad SMARTS) is 1. The molecule has 0 amide bonds. The lowest BCUT2D eigenvalue weighted by Crippen LogP contribution is -2.14. The highest BCUT2D eigenvalue weighted by Crippen LogP contribution is 2.31. The van der Waals surface area contributed by atoms with Crippen molar-refractivity contribution in [3.05, 3.63) is 59.2 Å². The number of benzene rings is 2. The molecule has 126 valence electrons. The summed E-state index contributed by atoms with van der Waals surface area (Å²) < 4.78 is 5.08. The van der Waals surface area contributed by atoms with Crippen molar-refractivity contribution in [2.75, 3.05) is 6.61 Å². The summed E-state index contributed by atoms with van der Waals surface area (Å²) in [6.45, 7) is 8.19. The molecule has 2 rings (SSSR count). The Hall–Kier alpha value is -2.62. The topological polar surface area (TPSA) is 63.6 Å². The molecule has 0 aliphatic carbocycles. The van der Waals surface area contributed by atoms with Gasteiger partial charge in [-0.3, -0.25) is 0 Å². The van der Waals surface area contributed by atoms with E-state index in [1.807, 2.05) is 24.3 Å². The Labute approximate surface area is 142 Å². The molecule has 1 N–H and O–H groups in total. The van der Waals surface area contributed by atoms with Gasteiger partial charge < -0.3 is 9.84 Å². The quantitative estimate of drug-likeness (QED) is 0.839. The smallest absolute Gasteiger partial charge is 0.339 e. The minimum atomic E-state index is -1.15. The van der Waals surface area contributed by atoms with Crippen LogP contribution in [0.15, 0.2) is 42.5 Å². The second kappa shape index (κ2) is 6.87. The van der Waals surface area contributed by atoms with Crippen molar-refractivity contribution in [3.8, 4) is 11.1 Å². The van der Waals surface area contributed by atoms with Gasteiger partial charge in [0.1, 0.15) is 0 Å². The summed E-state index contributed by atoms with van der Waals surface area (Å²) in [5.74, 6) is -1.77. The zero-order valence-electron chi connectivity index (χ0n) is 14.4. The Bertz CT molecular complexity index is 769. The molecule has 4 nitrogen and oxygen atoms in total. The Morgan fingerprint density at radius 3 is 2.33 bits per heavy atom. The first kappa shape index (κ1) is 17.7. The molecule has 2 aromatic carbocycles. The number of hydrogen-bond acceptors (Lipinski definition) is 3. The van der Waals surface area contributed by atoms with Crippen LogP contribution in [0.5, 0.6) is 0 Å². The van der Waals surface area contributed by atoms with Crippen LogP contribution in [0.1, 0.15) is 54.0 Å². The average Bonchev–Trinajstić information content (AvgIpc) is 2.53. The van der Waals surface area contributed by atoms with Crippen LogP contribution in [0.3, 0.4) is 0 Å². The molecule has 0 radical (unpaired) electrons. The van der Waals surface area contributed by atoms with Gasteiger partial charge in [-0.1, -0.05) is 57.2 Å². The molecular weight excluding hydrogens is 304 g/mol. The number of aromatic carboxylic acids is 1. The zero-order chi connectivity index (χ0) is 17.9. The van der Waals surface area contributed by atoms with Gasteiger partial charge in [0.25, 0.3) is 0 Å². The third-order valence-electron chi connectivity index (χ3n) is 3.81. The van der Waals surface area contributed by atoms with Crippen LogP contribution in [0, 0.1) is 0 Å². The molecule has 0 fully saturated rings. The van der Waals surface area contributed by atoms with Crippen molar-refractivity contribution < 1.29 is 19.4 Å². The van der Waals surface area contributed by atoms with Gasteiger partial charge in [0.2, 0.25) is 0 Å². The SMILES string of the molecule is CCOC(=O)c1c(C(=O)O)cccc1-c1cccc(C(C)(C)C)c1. The van der Waals surface area contributed by atoms with Gasteiger partial charge in [-0.25, -0.2) is 9.59 Å². The third-order valence-corrected chi connectivity index (χ3v) is 3.81. The molecule has 0 heterocycles. The van der Waals surface area contributed by atoms with Gasteiger partial charge >= 0.3 is 11.9 Å². The summed E-state index contributed by atoms with van der Waals surface area (Å²) >= 11 is 0. The van der Waals surface area contributed by atoms with Crippen molar-refractivity contribution in [2.45, 2.75) is 33.1 Å². The van der Waals surface area contributed by atoms with Gasteiger partial charge in [-0.2, -0.15) is 0 Å². The number of hydrogen-bond donors (Lipinski definition) is 1. The third kappa shape index (κ3) is 3.65. The fourth-order valence-corrected chi connectivity index (χ4v) is 2.55. The molecule has 0 bridgehead atoms. The van der Waals surface area contributed by atoms with Crippen LogP contribution >= 0.6 is 0 Å². The molecule has 0 aromatic heterocycles. The maximum absolute atomic E-state index is 12.4. The molecule has 2 aromatic rings. The van der Waals surface area contributed by atoms with Gasteiger partial charge in [0.15, 0.2) is 0 Å². The summed E-state index contributed by atoms with van der Waals surface area (Å²) in [5, 5.41) is 9.43. The zero-order valence-corrected chi connectivity index (χ0v) is 14.4. The largest absolute Gasteiger partial charge is 0.478 e. The minimum Gasteiger partial charge on any atom is -0.478 e. The molecule has 0 aliphatic rings. The van der Waals surface area contributed by atoms with Crippen LogP contribution in [0.4, 0.5) is 0 Å². The first-order chi connectivity index (χ1) is 11.3. The fraction of sp³-hybridized carbons (Fsp3) is 0.300. The van der Waals surface area contributed by atoms with Crippen LogP contribution < -0.4 is 0 Å². The Balaban J connectivity index is 2.69. The van der Waals surface area contributed by atoms with Crippen LogP contribution in [-0.2, 0) is 10.2 Å². The molecule has 0 spiro atoms. The molecular formula is C20H22O4. The van der Waals surface area contributed by atoms with Gasteiger partial charge in [-0.15, -0.1) is 0 Å². The lowest BCUT2D eigenvalue weighted by molar-refractivity contribution is 0.0515. The van der Waals surface area contributed by atoms with E-state index in [-0.39, 0.29) is 23.1 Å². The Morgan fingerprint density at radius 2 is 1.75 bits per heavy atom. The van der Waals surface area contributed by atoms with Crippen LogP contribution in [0.2, 0.25) is 0 Å². The number of carbonyl (C=O) groups excluding carboxylic acids is 1. The summed E-state index contributed by atoms with van der Waals surface area (Å²) in [6, 6.07) is 12.6. The maximum atomic E-state index is 12.4. The monoisotopic (exact) mass is 326 g/mol. The van der Waals surface area contributed by atoms with E-state index in [2.05, 4.69) is 20.8 Å². The second-order valence-corrected chi connectivity index (χ2v) is 6.58. The van der Waals surface area contributed by atoms with Crippen molar-refractivity contribution >= 4 is 11.9 Å². The molecule has 0 saturated carbocycles. The van der Waals surface area contributed by atoms with E-state index in [0.717, 1.165) is 11.1 Å². The summed E-state index contributed by atoms with van der Waals surface area (Å²) in [5.41, 5.74) is 2.47. The van der Waals surface area contributed by atoms with E-state index in [1.54, 1.807) is 19.1 Å². The molecule has 24 heavy (non-hydrogen) atoms. The highest BCUT2D eigenvalue weighted by molar-refractivity contribution is 6.07. The van der Waals surface area contributed by atoms with Gasteiger partial charge in [-0.05, 0) is 35.1 Å². The fourth-order valence-electron chi connectivity index (χ4n) is 2.55. The lowest BCUT2D eigenvalue weighted by atomic mass is 9.84. The first-order valence-electron chi connectivity index (χ1n) is 7.90. The van der Waals surface area contributed by atoms with E-state index in [0.29, 0.717) is 5.56 Å². The van der Waals surface area contributed by atoms with E-state index < -0.39 is 11.9 Å². The van der Waals surface area contributed by atoms with E-state index >= 15 is 0 Å². The molecule has 0 atom stereocenters. The van der Waals surface area contributed by atoms with Crippen LogP contribution in [-0.4, -0.2) is 23.7 Å². The number of ether oxygens (including phenoxy) is 1. The number of rotatable bonds is 4. The molecule has 4 heteroatoms. The predicted octanol–water partition coefficient (Wildman–Crippen LogP) is 4.53. The first-order valence-corrected chi connectivity index (χ1v) is 7.90. The van der Waals surface area contributed by atoms with E-state index in [9.17, 15) is 14.7 Å². The van der Waals surface area contributed by atoms with Crippen molar-refractivity contribution in [1.29, 1.82) is 0 Å². The normalized spacial score (nSPS) is 11.2. The molecule has 0 unspecified atom stereocenters. The van der Waals surface area contributed by atoms with Crippen molar-refractivity contribution in [2.24, 2.45) is 0 Å². The summed E-state index contributed by atoms with van der Waals surface area (Å²) in [4.78, 5) is 23.9. The Kier molecular flexibility index (Phi) is 5.07. The van der Waals surface area contributed by atoms with Crippen molar-refractivity contribution in [3.63, 3.8) is 0 Å². The average molecular weight is 326 g/mol. The Morgan fingerprint density at radius 1 is 1.08 bits per heavy atom. The minimum absolute atomic E-state index is 0.0490. The summed E-state index contributed by atoms with van der Waals surface area (Å²) in [6.07, 6.45) is 0. The van der Waals surface area contributed by atoms with Gasteiger partial charge in [0, 0.05) is 0 Å². The van der Waals surface area contributed by atoms with Gasteiger partial charge in [0.05, 0.1) is 17.7 Å². The van der Waals surface area contributed by atoms with E-state index in [4.69, 9.17) is 4.74 Å². The maximum Gasteiger partial charge on any atom is 0.339 e. The van der Waals surface area contributed by atoms with E-state index in [1.165, 1.54) is 6.07 Å². The summed E-state index contributed by atoms with van der Waals surface area (Å²) in [7, 11) is 0.